The molecule has 0 radical (unpaired) electrons. The Labute approximate surface area is 188 Å². The highest BCUT2D eigenvalue weighted by molar-refractivity contribution is 6.34. The molecule has 0 saturated carbocycles. The number of aryl methyl sites for hydroxylation is 1. The van der Waals surface area contributed by atoms with Crippen molar-refractivity contribution in [1.82, 2.24) is 5.16 Å². The van der Waals surface area contributed by atoms with Crippen LogP contribution < -0.4 is 15.0 Å². The number of hydrogen-bond acceptors (Lipinski definition) is 8. The summed E-state index contributed by atoms with van der Waals surface area (Å²) in [5.74, 6) is -1.15. The maximum atomic E-state index is 12.9. The van der Waals surface area contributed by atoms with Crippen LogP contribution in [0.3, 0.4) is 0 Å². The Bertz CT molecular complexity index is 1250. The van der Waals surface area contributed by atoms with E-state index in [1.165, 1.54) is 24.3 Å². The number of fused-ring (bicyclic) bond motifs is 1. The van der Waals surface area contributed by atoms with Crippen LogP contribution in [0.25, 0.3) is 0 Å². The molecule has 3 aromatic rings. The third kappa shape index (κ3) is 4.45. The lowest BCUT2D eigenvalue weighted by Gasteiger charge is -2.14. The third-order valence-electron chi connectivity index (χ3n) is 4.76. The number of carbonyl (C=O) groups is 4. The molecule has 10 heteroatoms. The Balaban J connectivity index is 1.44. The molecule has 0 spiro atoms. The largest absolute Gasteiger partial charge is 0.494 e. The number of hydrogen-bond donors (Lipinski definition) is 1. The number of esters is 1. The second-order valence-electron chi connectivity index (χ2n) is 7.08. The summed E-state index contributed by atoms with van der Waals surface area (Å²) in [5, 5.41) is 6.04. The monoisotopic (exact) mass is 449 g/mol. The van der Waals surface area contributed by atoms with E-state index in [0.717, 1.165) is 4.90 Å². The van der Waals surface area contributed by atoms with Crippen molar-refractivity contribution in [2.75, 3.05) is 23.4 Å². The van der Waals surface area contributed by atoms with Crippen molar-refractivity contribution in [2.24, 2.45) is 0 Å². The number of anilines is 2. The van der Waals surface area contributed by atoms with Crippen molar-refractivity contribution in [1.29, 1.82) is 0 Å². The van der Waals surface area contributed by atoms with Crippen LogP contribution >= 0.6 is 0 Å². The number of ether oxygens (including phenoxy) is 2. The summed E-state index contributed by atoms with van der Waals surface area (Å²) >= 11 is 0. The zero-order valence-electron chi connectivity index (χ0n) is 17.8. The van der Waals surface area contributed by atoms with E-state index in [-0.39, 0.29) is 22.5 Å². The van der Waals surface area contributed by atoms with Gasteiger partial charge in [-0.25, -0.2) is 9.69 Å². The van der Waals surface area contributed by atoms with Gasteiger partial charge in [0.25, 0.3) is 17.7 Å². The minimum atomic E-state index is -0.816. The van der Waals surface area contributed by atoms with E-state index in [4.69, 9.17) is 14.0 Å². The summed E-state index contributed by atoms with van der Waals surface area (Å²) in [7, 11) is 0. The fourth-order valence-corrected chi connectivity index (χ4v) is 3.28. The molecule has 0 bridgehead atoms. The minimum absolute atomic E-state index is 0.0357. The van der Waals surface area contributed by atoms with E-state index in [9.17, 15) is 19.2 Å². The summed E-state index contributed by atoms with van der Waals surface area (Å²) in [4.78, 5) is 51.0. The van der Waals surface area contributed by atoms with Crippen LogP contribution in [-0.2, 0) is 9.53 Å². The Morgan fingerprint density at radius 2 is 1.76 bits per heavy atom. The highest BCUT2D eigenvalue weighted by Gasteiger charge is 2.37. The molecule has 1 aliphatic rings. The van der Waals surface area contributed by atoms with Crippen molar-refractivity contribution in [3.05, 3.63) is 71.0 Å². The SMILES string of the molecule is CCOc1ccc(N2C(=O)c3ccc(C(=O)OCC(=O)Nc4cc(C)on4)cc3C2=O)cc1. The normalized spacial score (nSPS) is 12.5. The lowest BCUT2D eigenvalue weighted by Crippen LogP contribution is -2.29. The first-order chi connectivity index (χ1) is 15.9. The minimum Gasteiger partial charge on any atom is -0.494 e. The molecule has 0 atom stereocenters. The van der Waals surface area contributed by atoms with Crippen LogP contribution in [-0.4, -0.2) is 42.1 Å². The first kappa shape index (κ1) is 21.8. The van der Waals surface area contributed by atoms with Crippen LogP contribution in [0.5, 0.6) is 5.75 Å². The number of nitrogens with one attached hydrogen (secondary N) is 1. The van der Waals surface area contributed by atoms with Crippen LogP contribution in [0.2, 0.25) is 0 Å². The number of benzene rings is 2. The predicted molar refractivity (Wildman–Crippen MR) is 115 cm³/mol. The third-order valence-corrected chi connectivity index (χ3v) is 4.76. The summed E-state index contributed by atoms with van der Waals surface area (Å²) in [6.07, 6.45) is 0. The Morgan fingerprint density at radius 3 is 2.42 bits per heavy atom. The fourth-order valence-electron chi connectivity index (χ4n) is 3.28. The standard InChI is InChI=1S/C23H19N3O7/c1-3-31-16-7-5-15(6-8-16)26-21(28)17-9-4-14(11-18(17)22(26)29)23(30)32-12-20(27)24-19-10-13(2)33-25-19/h4-11H,3,12H2,1-2H3,(H,24,25,27). The molecule has 1 N–H and O–H groups in total. The average Bonchev–Trinajstić information content (AvgIpc) is 3.32. The van der Waals surface area contributed by atoms with Gasteiger partial charge in [-0.3, -0.25) is 14.4 Å². The van der Waals surface area contributed by atoms with E-state index in [1.54, 1.807) is 31.2 Å². The van der Waals surface area contributed by atoms with Gasteiger partial charge in [0.05, 0.1) is 29.0 Å². The van der Waals surface area contributed by atoms with Gasteiger partial charge in [0.1, 0.15) is 11.5 Å². The van der Waals surface area contributed by atoms with E-state index >= 15 is 0 Å². The molecular formula is C23H19N3O7. The molecule has 10 nitrogen and oxygen atoms in total. The number of rotatable bonds is 7. The van der Waals surface area contributed by atoms with Gasteiger partial charge in [0.2, 0.25) is 0 Å². The van der Waals surface area contributed by atoms with Crippen LogP contribution in [0.15, 0.2) is 53.1 Å². The fraction of sp³-hybridized carbons (Fsp3) is 0.174. The molecule has 1 aliphatic heterocycles. The zero-order valence-corrected chi connectivity index (χ0v) is 17.8. The van der Waals surface area contributed by atoms with E-state index in [0.29, 0.717) is 23.8 Å². The zero-order chi connectivity index (χ0) is 23.5. The molecule has 0 fully saturated rings. The Kier molecular flexibility index (Phi) is 5.90. The van der Waals surface area contributed by atoms with Crippen molar-refractivity contribution < 1.29 is 33.2 Å². The summed E-state index contributed by atoms with van der Waals surface area (Å²) in [6.45, 7) is 3.45. The van der Waals surface area contributed by atoms with Gasteiger partial charge in [-0.2, -0.15) is 0 Å². The van der Waals surface area contributed by atoms with E-state index in [2.05, 4.69) is 10.5 Å². The highest BCUT2D eigenvalue weighted by atomic mass is 16.5. The summed E-state index contributed by atoms with van der Waals surface area (Å²) in [5.41, 5.74) is 0.664. The number of nitrogens with zero attached hydrogens (tertiary/aromatic N) is 2. The number of aromatic nitrogens is 1. The number of imide groups is 1. The molecule has 2 aromatic carbocycles. The van der Waals surface area contributed by atoms with Gasteiger partial charge in [-0.05, 0) is 56.3 Å². The number of carbonyl (C=O) groups excluding carboxylic acids is 4. The summed E-state index contributed by atoms with van der Waals surface area (Å²) in [6, 6.07) is 12.1. The molecule has 3 amide bonds. The Hall–Kier alpha value is -4.47. The van der Waals surface area contributed by atoms with Crippen molar-refractivity contribution in [3.63, 3.8) is 0 Å². The van der Waals surface area contributed by atoms with Crippen LogP contribution in [0.1, 0.15) is 43.8 Å². The van der Waals surface area contributed by atoms with Crippen LogP contribution in [0, 0.1) is 6.92 Å². The first-order valence-corrected chi connectivity index (χ1v) is 10.0. The molecule has 33 heavy (non-hydrogen) atoms. The smallest absolute Gasteiger partial charge is 0.338 e. The molecule has 4 rings (SSSR count). The molecular weight excluding hydrogens is 430 g/mol. The summed E-state index contributed by atoms with van der Waals surface area (Å²) < 4.78 is 15.2. The lowest BCUT2D eigenvalue weighted by atomic mass is 10.1. The number of amides is 3. The van der Waals surface area contributed by atoms with Crippen molar-refractivity contribution >= 4 is 35.2 Å². The quantitative estimate of drug-likeness (QED) is 0.431. The highest BCUT2D eigenvalue weighted by Crippen LogP contribution is 2.30. The maximum Gasteiger partial charge on any atom is 0.338 e. The molecule has 1 aromatic heterocycles. The lowest BCUT2D eigenvalue weighted by molar-refractivity contribution is -0.119. The van der Waals surface area contributed by atoms with Gasteiger partial charge >= 0.3 is 5.97 Å². The predicted octanol–water partition coefficient (Wildman–Crippen LogP) is 2.98. The maximum absolute atomic E-state index is 12.9. The topological polar surface area (TPSA) is 128 Å². The van der Waals surface area contributed by atoms with Gasteiger partial charge in [-0.15, -0.1) is 0 Å². The van der Waals surface area contributed by atoms with Crippen LogP contribution in [0.4, 0.5) is 11.5 Å². The second kappa shape index (κ2) is 8.95. The molecule has 0 aliphatic carbocycles. The van der Waals surface area contributed by atoms with Crippen molar-refractivity contribution in [2.45, 2.75) is 13.8 Å². The molecule has 2 heterocycles. The van der Waals surface area contributed by atoms with Gasteiger partial charge in [-0.1, -0.05) is 5.16 Å². The van der Waals surface area contributed by atoms with Crippen molar-refractivity contribution in [3.8, 4) is 5.75 Å². The Morgan fingerprint density at radius 1 is 1.03 bits per heavy atom. The van der Waals surface area contributed by atoms with Gasteiger partial charge in [0.15, 0.2) is 12.4 Å². The first-order valence-electron chi connectivity index (χ1n) is 10.0. The second-order valence-corrected chi connectivity index (χ2v) is 7.08. The molecule has 0 unspecified atom stereocenters. The van der Waals surface area contributed by atoms with E-state index < -0.39 is 30.3 Å². The molecule has 0 saturated heterocycles. The molecule has 168 valence electrons. The average molecular weight is 449 g/mol. The van der Waals surface area contributed by atoms with E-state index in [1.807, 2.05) is 6.92 Å². The van der Waals surface area contributed by atoms with Gasteiger partial charge < -0.3 is 19.3 Å². The van der Waals surface area contributed by atoms with Gasteiger partial charge in [0, 0.05) is 6.07 Å².